The van der Waals surface area contributed by atoms with Gasteiger partial charge < -0.3 is 5.32 Å². The van der Waals surface area contributed by atoms with Crippen LogP contribution in [0.4, 0.5) is 0 Å². The lowest BCUT2D eigenvalue weighted by atomic mass is 9.99. The highest BCUT2D eigenvalue weighted by atomic mass is 14.9. The molecule has 0 amide bonds. The van der Waals surface area contributed by atoms with Gasteiger partial charge in [0.25, 0.3) is 0 Å². The molecule has 1 atom stereocenters. The zero-order chi connectivity index (χ0) is 11.4. The lowest BCUT2D eigenvalue weighted by molar-refractivity contribution is 0.446. The van der Waals surface area contributed by atoms with Crippen molar-refractivity contribution in [3.8, 4) is 0 Å². The molecule has 1 aromatic carbocycles. The molecule has 1 N–H and O–H groups in total. The van der Waals surface area contributed by atoms with Crippen molar-refractivity contribution in [1.29, 1.82) is 0 Å². The molecule has 1 nitrogen and oxygen atoms in total. The van der Waals surface area contributed by atoms with Crippen molar-refractivity contribution in [3.05, 3.63) is 35.4 Å². The maximum absolute atomic E-state index is 3.63. The van der Waals surface area contributed by atoms with Crippen molar-refractivity contribution >= 4 is 0 Å². The Morgan fingerprint density at radius 2 is 2.06 bits per heavy atom. The third kappa shape index (κ3) is 3.08. The summed E-state index contributed by atoms with van der Waals surface area (Å²) in [5.41, 5.74) is 2.96. The molecule has 0 aliphatic heterocycles. The second kappa shape index (κ2) is 5.49. The Labute approximate surface area is 99.3 Å². The van der Waals surface area contributed by atoms with Crippen LogP contribution < -0.4 is 5.32 Å². The van der Waals surface area contributed by atoms with Crippen molar-refractivity contribution in [2.75, 3.05) is 6.54 Å². The molecule has 1 saturated carbocycles. The van der Waals surface area contributed by atoms with Crippen LogP contribution >= 0.6 is 0 Å². The van der Waals surface area contributed by atoms with Crippen molar-refractivity contribution in [2.45, 2.75) is 45.6 Å². The van der Waals surface area contributed by atoms with Crippen LogP contribution in [-0.2, 0) is 6.42 Å². The highest BCUT2D eigenvalue weighted by Gasteiger charge is 2.29. The van der Waals surface area contributed by atoms with E-state index in [9.17, 15) is 0 Å². The Morgan fingerprint density at radius 1 is 1.31 bits per heavy atom. The zero-order valence-corrected chi connectivity index (χ0v) is 10.5. The Kier molecular flexibility index (Phi) is 4.00. The minimum atomic E-state index is 0.754. The molecular formula is C15H23N. The molecule has 1 heteroatoms. The summed E-state index contributed by atoms with van der Waals surface area (Å²) in [6.07, 6.45) is 5.39. The van der Waals surface area contributed by atoms with Gasteiger partial charge in [0, 0.05) is 6.04 Å². The maximum Gasteiger partial charge on any atom is 0.00983 e. The number of hydrogen-bond acceptors (Lipinski definition) is 1. The van der Waals surface area contributed by atoms with E-state index in [0.29, 0.717) is 0 Å². The normalized spacial score (nSPS) is 17.4. The molecule has 88 valence electrons. The molecule has 0 bridgehead atoms. The van der Waals surface area contributed by atoms with Crippen LogP contribution in [0.2, 0.25) is 0 Å². The predicted octanol–water partition coefficient (Wildman–Crippen LogP) is 3.32. The van der Waals surface area contributed by atoms with Crippen LogP contribution in [0.15, 0.2) is 24.3 Å². The molecule has 1 aliphatic carbocycles. The molecule has 0 saturated heterocycles. The van der Waals surface area contributed by atoms with E-state index in [1.165, 1.54) is 36.8 Å². The second-order valence-corrected chi connectivity index (χ2v) is 4.97. The quantitative estimate of drug-likeness (QED) is 0.771. The fraction of sp³-hybridized carbons (Fsp3) is 0.600. The summed E-state index contributed by atoms with van der Waals surface area (Å²) in [5, 5.41) is 3.63. The first-order valence-corrected chi connectivity index (χ1v) is 6.59. The number of benzene rings is 1. The summed E-state index contributed by atoms with van der Waals surface area (Å²) in [6, 6.07) is 9.52. The third-order valence-electron chi connectivity index (χ3n) is 3.64. The number of aryl methyl sites for hydroxylation is 2. The molecular weight excluding hydrogens is 194 g/mol. The van der Waals surface area contributed by atoms with Crippen molar-refractivity contribution in [3.63, 3.8) is 0 Å². The molecule has 1 aromatic rings. The van der Waals surface area contributed by atoms with Crippen LogP contribution in [0, 0.1) is 12.8 Å². The molecule has 2 rings (SSSR count). The minimum Gasteiger partial charge on any atom is -0.314 e. The van der Waals surface area contributed by atoms with Gasteiger partial charge in [-0.15, -0.1) is 0 Å². The molecule has 1 unspecified atom stereocenters. The number of rotatable bonds is 6. The van der Waals surface area contributed by atoms with E-state index in [1.807, 2.05) is 0 Å². The van der Waals surface area contributed by atoms with Gasteiger partial charge in [-0.1, -0.05) is 31.2 Å². The van der Waals surface area contributed by atoms with E-state index in [0.717, 1.165) is 18.5 Å². The van der Waals surface area contributed by atoms with Crippen LogP contribution in [0.1, 0.15) is 37.3 Å². The molecule has 0 aromatic heterocycles. The van der Waals surface area contributed by atoms with Gasteiger partial charge >= 0.3 is 0 Å². The molecule has 16 heavy (non-hydrogen) atoms. The lowest BCUT2D eigenvalue weighted by Gasteiger charge is -2.17. The molecule has 0 heterocycles. The fourth-order valence-corrected chi connectivity index (χ4v) is 2.47. The molecule has 0 radical (unpaired) electrons. The summed E-state index contributed by atoms with van der Waals surface area (Å²) in [5.74, 6) is 0.962. The molecule has 1 fully saturated rings. The van der Waals surface area contributed by atoms with E-state index >= 15 is 0 Å². The summed E-state index contributed by atoms with van der Waals surface area (Å²) < 4.78 is 0. The van der Waals surface area contributed by atoms with Crippen molar-refractivity contribution < 1.29 is 0 Å². The fourth-order valence-electron chi connectivity index (χ4n) is 2.47. The van der Waals surface area contributed by atoms with Crippen LogP contribution in [0.5, 0.6) is 0 Å². The first-order chi connectivity index (χ1) is 7.81. The van der Waals surface area contributed by atoms with Gasteiger partial charge in [0.15, 0.2) is 0 Å². The van der Waals surface area contributed by atoms with Crippen LogP contribution in [0.25, 0.3) is 0 Å². The first kappa shape index (κ1) is 11.7. The maximum atomic E-state index is 3.63. The Hall–Kier alpha value is -0.820. The summed E-state index contributed by atoms with van der Waals surface area (Å²) in [6.45, 7) is 5.53. The predicted molar refractivity (Wildman–Crippen MR) is 69.7 cm³/mol. The van der Waals surface area contributed by atoms with Gasteiger partial charge in [-0.3, -0.25) is 0 Å². The Bertz CT molecular complexity index is 328. The van der Waals surface area contributed by atoms with E-state index in [2.05, 4.69) is 43.4 Å². The summed E-state index contributed by atoms with van der Waals surface area (Å²) >= 11 is 0. The minimum absolute atomic E-state index is 0.754. The summed E-state index contributed by atoms with van der Waals surface area (Å²) in [4.78, 5) is 0. The van der Waals surface area contributed by atoms with Crippen LogP contribution in [0.3, 0.4) is 0 Å². The smallest absolute Gasteiger partial charge is 0.00983 e. The zero-order valence-electron chi connectivity index (χ0n) is 10.5. The van der Waals surface area contributed by atoms with E-state index in [1.54, 1.807) is 0 Å². The van der Waals surface area contributed by atoms with Crippen molar-refractivity contribution in [2.24, 2.45) is 5.92 Å². The average Bonchev–Trinajstić information content (AvgIpc) is 3.10. The molecule has 1 aliphatic rings. The third-order valence-corrected chi connectivity index (χ3v) is 3.64. The largest absolute Gasteiger partial charge is 0.314 e. The number of nitrogens with one attached hydrogen (secondary N) is 1. The van der Waals surface area contributed by atoms with Crippen LogP contribution in [-0.4, -0.2) is 12.6 Å². The standard InChI is InChI=1S/C15H23N/c1-3-16-15(14-8-9-14)11-10-13-7-5-4-6-12(13)2/h4-7,14-16H,3,8-11H2,1-2H3. The van der Waals surface area contributed by atoms with Gasteiger partial charge in [-0.25, -0.2) is 0 Å². The van der Waals surface area contributed by atoms with E-state index in [4.69, 9.17) is 0 Å². The van der Waals surface area contributed by atoms with Gasteiger partial charge in [0.05, 0.1) is 0 Å². The van der Waals surface area contributed by atoms with E-state index in [-0.39, 0.29) is 0 Å². The second-order valence-electron chi connectivity index (χ2n) is 4.97. The van der Waals surface area contributed by atoms with Gasteiger partial charge in [0.2, 0.25) is 0 Å². The Balaban J connectivity index is 1.87. The summed E-state index contributed by atoms with van der Waals surface area (Å²) in [7, 11) is 0. The Morgan fingerprint density at radius 3 is 2.69 bits per heavy atom. The topological polar surface area (TPSA) is 12.0 Å². The monoisotopic (exact) mass is 217 g/mol. The van der Waals surface area contributed by atoms with E-state index < -0.39 is 0 Å². The molecule has 0 spiro atoms. The number of hydrogen-bond donors (Lipinski definition) is 1. The van der Waals surface area contributed by atoms with Gasteiger partial charge in [0.1, 0.15) is 0 Å². The average molecular weight is 217 g/mol. The highest BCUT2D eigenvalue weighted by molar-refractivity contribution is 5.25. The van der Waals surface area contributed by atoms with Gasteiger partial charge in [-0.2, -0.15) is 0 Å². The van der Waals surface area contributed by atoms with Crippen molar-refractivity contribution in [1.82, 2.24) is 5.32 Å². The first-order valence-electron chi connectivity index (χ1n) is 6.59. The SMILES string of the molecule is CCNC(CCc1ccccc1C)C1CC1. The van der Waals surface area contributed by atoms with Gasteiger partial charge in [-0.05, 0) is 56.2 Å². The highest BCUT2D eigenvalue weighted by Crippen LogP contribution is 2.34. The lowest BCUT2D eigenvalue weighted by Crippen LogP contribution is -2.31.